The maximum atomic E-state index is 4.68. The van der Waals surface area contributed by atoms with Crippen LogP contribution in [-0.4, -0.2) is 30.7 Å². The van der Waals surface area contributed by atoms with Crippen molar-refractivity contribution in [1.82, 2.24) is 24.6 Å². The van der Waals surface area contributed by atoms with Crippen LogP contribution in [0.5, 0.6) is 0 Å². The van der Waals surface area contributed by atoms with E-state index in [1.54, 1.807) is 0 Å². The van der Waals surface area contributed by atoms with E-state index < -0.39 is 0 Å². The monoisotopic (exact) mass is 309 g/mol. The van der Waals surface area contributed by atoms with Crippen molar-refractivity contribution in [3.8, 4) is 0 Å². The van der Waals surface area contributed by atoms with Gasteiger partial charge in [0.15, 0.2) is 0 Å². The third-order valence-corrected chi connectivity index (χ3v) is 5.17. The molecule has 4 rings (SSSR count). The normalized spacial score (nSPS) is 23.0. The molecule has 0 amide bonds. The Bertz CT molecular complexity index is 748. The molecule has 120 valence electrons. The zero-order valence-electron chi connectivity index (χ0n) is 13.9. The standard InChI is InChI=1S/C18H23N5/c1-4-7-22-10-14(12(2)21-22)11-23-15-5-6-18(23)16-9-19-13(3)20-17(16)8-15/h4,9-10,15,18H,1,5-8,11H2,2-3H3/t15-,18+/m0/s1. The minimum atomic E-state index is 0.464. The molecule has 5 heteroatoms. The van der Waals surface area contributed by atoms with Crippen molar-refractivity contribution in [3.05, 3.63) is 53.4 Å². The largest absolute Gasteiger partial charge is 0.288 e. The van der Waals surface area contributed by atoms with E-state index in [9.17, 15) is 0 Å². The Kier molecular flexibility index (Phi) is 3.53. The highest BCUT2D eigenvalue weighted by molar-refractivity contribution is 5.29. The highest BCUT2D eigenvalue weighted by atomic mass is 15.3. The summed E-state index contributed by atoms with van der Waals surface area (Å²) in [6.07, 6.45) is 9.61. The molecule has 2 bridgehead atoms. The van der Waals surface area contributed by atoms with Gasteiger partial charge in [-0.3, -0.25) is 9.58 Å². The van der Waals surface area contributed by atoms with Crippen LogP contribution in [0.2, 0.25) is 0 Å². The zero-order valence-corrected chi connectivity index (χ0v) is 13.9. The molecule has 2 aromatic rings. The van der Waals surface area contributed by atoms with Gasteiger partial charge in [0.25, 0.3) is 0 Å². The summed E-state index contributed by atoms with van der Waals surface area (Å²) < 4.78 is 1.98. The number of rotatable bonds is 4. The Morgan fingerprint density at radius 3 is 3.04 bits per heavy atom. The number of hydrogen-bond acceptors (Lipinski definition) is 4. The lowest BCUT2D eigenvalue weighted by Crippen LogP contribution is -2.37. The first-order valence-electron chi connectivity index (χ1n) is 8.37. The van der Waals surface area contributed by atoms with Crippen LogP contribution in [0, 0.1) is 13.8 Å². The zero-order chi connectivity index (χ0) is 16.0. The Labute approximate surface area is 137 Å². The van der Waals surface area contributed by atoms with E-state index in [1.165, 1.54) is 29.7 Å². The van der Waals surface area contributed by atoms with Crippen LogP contribution in [0.25, 0.3) is 0 Å². The Morgan fingerprint density at radius 1 is 1.35 bits per heavy atom. The van der Waals surface area contributed by atoms with Crippen LogP contribution in [0.1, 0.15) is 47.2 Å². The topological polar surface area (TPSA) is 46.8 Å². The van der Waals surface area contributed by atoms with Crippen LogP contribution >= 0.6 is 0 Å². The molecule has 0 unspecified atom stereocenters. The molecule has 4 heterocycles. The van der Waals surface area contributed by atoms with Crippen molar-refractivity contribution in [1.29, 1.82) is 0 Å². The third kappa shape index (κ3) is 2.49. The lowest BCUT2D eigenvalue weighted by molar-refractivity contribution is 0.165. The van der Waals surface area contributed by atoms with Crippen LogP contribution < -0.4 is 0 Å². The molecule has 0 spiro atoms. The van der Waals surface area contributed by atoms with Gasteiger partial charge in [0.05, 0.1) is 17.9 Å². The number of nitrogens with zero attached hydrogens (tertiary/aromatic N) is 5. The fourth-order valence-electron chi connectivity index (χ4n) is 4.06. The fourth-order valence-corrected chi connectivity index (χ4v) is 4.06. The summed E-state index contributed by atoms with van der Waals surface area (Å²) in [5.74, 6) is 0.887. The summed E-state index contributed by atoms with van der Waals surface area (Å²) in [5, 5.41) is 4.59. The summed E-state index contributed by atoms with van der Waals surface area (Å²) in [6, 6.07) is 1.07. The van der Waals surface area contributed by atoms with Gasteiger partial charge >= 0.3 is 0 Å². The van der Waals surface area contributed by atoms with E-state index in [2.05, 4.69) is 39.7 Å². The first-order valence-corrected chi connectivity index (χ1v) is 8.37. The van der Waals surface area contributed by atoms with E-state index >= 15 is 0 Å². The summed E-state index contributed by atoms with van der Waals surface area (Å²) in [4.78, 5) is 11.7. The van der Waals surface area contributed by atoms with E-state index in [4.69, 9.17) is 0 Å². The highest BCUT2D eigenvalue weighted by Crippen LogP contribution is 2.43. The minimum absolute atomic E-state index is 0.464. The quantitative estimate of drug-likeness (QED) is 0.815. The van der Waals surface area contributed by atoms with Crippen molar-refractivity contribution in [2.75, 3.05) is 0 Å². The van der Waals surface area contributed by atoms with Gasteiger partial charge < -0.3 is 0 Å². The molecule has 0 aliphatic carbocycles. The van der Waals surface area contributed by atoms with E-state index in [0.717, 1.165) is 31.0 Å². The van der Waals surface area contributed by atoms with Crippen LogP contribution in [0.15, 0.2) is 25.0 Å². The molecule has 5 nitrogen and oxygen atoms in total. The molecule has 1 saturated heterocycles. The molecule has 0 radical (unpaired) electrons. The van der Waals surface area contributed by atoms with Crippen LogP contribution in [-0.2, 0) is 19.5 Å². The molecular weight excluding hydrogens is 286 g/mol. The Morgan fingerprint density at radius 2 is 2.22 bits per heavy atom. The first kappa shape index (κ1) is 14.6. The number of aromatic nitrogens is 4. The van der Waals surface area contributed by atoms with Gasteiger partial charge in [-0.1, -0.05) is 6.08 Å². The molecular formula is C18H23N5. The maximum absolute atomic E-state index is 4.68. The van der Waals surface area contributed by atoms with E-state index in [0.29, 0.717) is 12.1 Å². The van der Waals surface area contributed by atoms with E-state index in [1.807, 2.05) is 23.9 Å². The summed E-state index contributed by atoms with van der Waals surface area (Å²) >= 11 is 0. The molecule has 2 aliphatic rings. The first-order chi connectivity index (χ1) is 11.2. The second-order valence-electron chi connectivity index (χ2n) is 6.69. The van der Waals surface area contributed by atoms with Crippen LogP contribution in [0.3, 0.4) is 0 Å². The summed E-state index contributed by atoms with van der Waals surface area (Å²) in [5.41, 5.74) is 5.04. The lowest BCUT2D eigenvalue weighted by Gasteiger charge is -2.35. The van der Waals surface area contributed by atoms with Gasteiger partial charge in [0.1, 0.15) is 5.82 Å². The molecule has 0 aromatic carbocycles. The second-order valence-corrected chi connectivity index (χ2v) is 6.69. The molecule has 2 aromatic heterocycles. The number of hydrogen-bond donors (Lipinski definition) is 0. The molecule has 2 atom stereocenters. The summed E-state index contributed by atoms with van der Waals surface area (Å²) in [7, 11) is 0. The van der Waals surface area contributed by atoms with Gasteiger partial charge in [-0.05, 0) is 26.7 Å². The lowest BCUT2D eigenvalue weighted by atomic mass is 9.98. The van der Waals surface area contributed by atoms with Gasteiger partial charge in [-0.25, -0.2) is 9.97 Å². The van der Waals surface area contributed by atoms with Crippen molar-refractivity contribution < 1.29 is 0 Å². The summed E-state index contributed by atoms with van der Waals surface area (Å²) in [6.45, 7) is 9.60. The predicted octanol–water partition coefficient (Wildman–Crippen LogP) is 2.74. The molecule has 0 N–H and O–H groups in total. The third-order valence-electron chi connectivity index (χ3n) is 5.17. The Balaban J connectivity index is 1.61. The maximum Gasteiger partial charge on any atom is 0.125 e. The highest BCUT2D eigenvalue weighted by Gasteiger charge is 2.40. The second kappa shape index (κ2) is 5.57. The number of aryl methyl sites for hydroxylation is 2. The van der Waals surface area contributed by atoms with Crippen molar-refractivity contribution in [2.45, 2.75) is 58.3 Å². The SMILES string of the molecule is C=CCn1cc(CN2[C@H]3CC[C@@H]2c2cnc(C)nc2C3)c(C)n1. The minimum Gasteiger partial charge on any atom is -0.288 e. The molecule has 0 saturated carbocycles. The smallest absolute Gasteiger partial charge is 0.125 e. The van der Waals surface area contributed by atoms with Crippen molar-refractivity contribution in [2.24, 2.45) is 0 Å². The van der Waals surface area contributed by atoms with Gasteiger partial charge in [0.2, 0.25) is 0 Å². The predicted molar refractivity (Wildman–Crippen MR) is 88.9 cm³/mol. The van der Waals surface area contributed by atoms with E-state index in [-0.39, 0.29) is 0 Å². The molecule has 2 aliphatic heterocycles. The average molecular weight is 309 g/mol. The fraction of sp³-hybridized carbons (Fsp3) is 0.500. The van der Waals surface area contributed by atoms with Crippen molar-refractivity contribution in [3.63, 3.8) is 0 Å². The van der Waals surface area contributed by atoms with Gasteiger partial charge in [-0.2, -0.15) is 5.10 Å². The average Bonchev–Trinajstić information content (AvgIpc) is 2.99. The van der Waals surface area contributed by atoms with Gasteiger partial charge in [-0.15, -0.1) is 6.58 Å². The van der Waals surface area contributed by atoms with Crippen LogP contribution in [0.4, 0.5) is 0 Å². The number of allylic oxidation sites excluding steroid dienone is 1. The molecule has 1 fully saturated rings. The Hall–Kier alpha value is -2.01. The van der Waals surface area contributed by atoms with Gasteiger partial charge in [0, 0.05) is 48.6 Å². The number of fused-ring (bicyclic) bond motifs is 4. The molecule has 23 heavy (non-hydrogen) atoms. The van der Waals surface area contributed by atoms with Crippen molar-refractivity contribution >= 4 is 0 Å².